The molecule has 0 amide bonds. The maximum atomic E-state index is 10.8. The summed E-state index contributed by atoms with van der Waals surface area (Å²) in [5.74, 6) is 0.649. The Hall–Kier alpha value is -1.08. The van der Waals surface area contributed by atoms with Crippen molar-refractivity contribution in [2.45, 2.75) is 55.8 Å². The van der Waals surface area contributed by atoms with Crippen molar-refractivity contribution in [2.24, 2.45) is 0 Å². The Balaban J connectivity index is 1.97. The highest BCUT2D eigenvalue weighted by molar-refractivity contribution is 7.99. The van der Waals surface area contributed by atoms with E-state index in [0.717, 1.165) is 31.7 Å². The van der Waals surface area contributed by atoms with E-state index >= 15 is 0 Å². The Morgan fingerprint density at radius 3 is 2.85 bits per heavy atom. The van der Waals surface area contributed by atoms with E-state index in [0.29, 0.717) is 11.1 Å². The highest BCUT2D eigenvalue weighted by Crippen LogP contribution is 2.45. The van der Waals surface area contributed by atoms with E-state index in [-0.39, 0.29) is 17.4 Å². The Morgan fingerprint density at radius 2 is 2.30 bits per heavy atom. The van der Waals surface area contributed by atoms with Crippen molar-refractivity contribution >= 4 is 17.7 Å². The molecule has 1 saturated heterocycles. The molecule has 1 aliphatic heterocycles. The summed E-state index contributed by atoms with van der Waals surface area (Å²) >= 11 is 1.24. The van der Waals surface area contributed by atoms with Crippen molar-refractivity contribution in [2.75, 3.05) is 12.4 Å². The van der Waals surface area contributed by atoms with E-state index in [1.165, 1.54) is 11.8 Å². The van der Waals surface area contributed by atoms with Crippen molar-refractivity contribution in [3.05, 3.63) is 5.82 Å². The number of carbonyl (C=O) groups is 1. The van der Waals surface area contributed by atoms with Gasteiger partial charge in [-0.15, -0.1) is 10.2 Å². The predicted molar refractivity (Wildman–Crippen MR) is 74.0 cm³/mol. The van der Waals surface area contributed by atoms with Crippen molar-refractivity contribution in [1.82, 2.24) is 14.8 Å². The first kappa shape index (κ1) is 13.9. The number of aromatic nitrogens is 3. The predicted octanol–water partition coefficient (Wildman–Crippen LogP) is 1.86. The van der Waals surface area contributed by atoms with Gasteiger partial charge < -0.3 is 9.84 Å². The van der Waals surface area contributed by atoms with Crippen molar-refractivity contribution in [3.63, 3.8) is 0 Å². The summed E-state index contributed by atoms with van der Waals surface area (Å²) in [6, 6.07) is 0. The number of hydrogen-bond donors (Lipinski definition) is 1. The van der Waals surface area contributed by atoms with Crippen LogP contribution in [0.1, 0.15) is 44.9 Å². The van der Waals surface area contributed by atoms with Gasteiger partial charge in [-0.25, -0.2) is 0 Å². The van der Waals surface area contributed by atoms with Gasteiger partial charge in [0.05, 0.1) is 17.4 Å². The van der Waals surface area contributed by atoms with Gasteiger partial charge >= 0.3 is 5.97 Å². The van der Waals surface area contributed by atoms with Crippen LogP contribution in [0.2, 0.25) is 0 Å². The summed E-state index contributed by atoms with van der Waals surface area (Å²) in [4.78, 5) is 10.8. The van der Waals surface area contributed by atoms with Crippen LogP contribution in [-0.4, -0.2) is 44.3 Å². The Kier molecular flexibility index (Phi) is 3.50. The van der Waals surface area contributed by atoms with Crippen LogP contribution in [0.25, 0.3) is 0 Å². The molecule has 3 rings (SSSR count). The second-order valence-electron chi connectivity index (χ2n) is 5.75. The van der Waals surface area contributed by atoms with Crippen LogP contribution in [0.3, 0.4) is 0 Å². The fourth-order valence-electron chi connectivity index (χ4n) is 2.71. The quantitative estimate of drug-likeness (QED) is 0.836. The minimum Gasteiger partial charge on any atom is -0.481 e. The van der Waals surface area contributed by atoms with Gasteiger partial charge in [0.1, 0.15) is 5.82 Å². The molecular weight excluding hydrogens is 278 g/mol. The highest BCUT2D eigenvalue weighted by Gasteiger charge is 2.44. The first-order valence-corrected chi connectivity index (χ1v) is 7.93. The summed E-state index contributed by atoms with van der Waals surface area (Å²) in [5.41, 5.74) is -0.178. The zero-order valence-corrected chi connectivity index (χ0v) is 12.5. The minimum absolute atomic E-state index is 0.00805. The summed E-state index contributed by atoms with van der Waals surface area (Å²) < 4.78 is 7.87. The van der Waals surface area contributed by atoms with E-state index in [4.69, 9.17) is 9.84 Å². The van der Waals surface area contributed by atoms with Crippen LogP contribution in [0, 0.1) is 0 Å². The second-order valence-corrected chi connectivity index (χ2v) is 6.70. The fourth-order valence-corrected chi connectivity index (χ4v) is 3.49. The van der Waals surface area contributed by atoms with Gasteiger partial charge in [-0.1, -0.05) is 11.8 Å². The molecule has 110 valence electrons. The molecule has 1 aromatic rings. The third kappa shape index (κ3) is 2.33. The number of nitrogens with zero attached hydrogens (tertiary/aromatic N) is 3. The van der Waals surface area contributed by atoms with Gasteiger partial charge in [0, 0.05) is 12.5 Å². The smallest absolute Gasteiger partial charge is 0.313 e. The zero-order chi connectivity index (χ0) is 14.3. The average Bonchev–Trinajstić information content (AvgIpc) is 3.06. The molecule has 20 heavy (non-hydrogen) atoms. The van der Waals surface area contributed by atoms with Crippen molar-refractivity contribution in [1.29, 1.82) is 0 Å². The molecule has 1 N–H and O–H groups in total. The van der Waals surface area contributed by atoms with Gasteiger partial charge in [0.15, 0.2) is 5.16 Å². The first-order chi connectivity index (χ1) is 9.52. The molecule has 1 aromatic heterocycles. The Bertz CT molecular complexity index is 529. The molecule has 0 radical (unpaired) electrons. The largest absolute Gasteiger partial charge is 0.481 e. The van der Waals surface area contributed by atoms with Crippen LogP contribution in [0.15, 0.2) is 5.16 Å². The molecule has 2 atom stereocenters. The number of hydrogen-bond acceptors (Lipinski definition) is 5. The van der Waals surface area contributed by atoms with Gasteiger partial charge in [-0.2, -0.15) is 0 Å². The van der Waals surface area contributed by atoms with Gasteiger partial charge in [-0.05, 0) is 33.1 Å². The summed E-state index contributed by atoms with van der Waals surface area (Å²) in [6.45, 7) is 4.95. The molecule has 0 aromatic carbocycles. The highest BCUT2D eigenvalue weighted by atomic mass is 32.2. The Morgan fingerprint density at radius 1 is 1.55 bits per heavy atom. The van der Waals surface area contributed by atoms with Crippen LogP contribution in [-0.2, 0) is 15.1 Å². The zero-order valence-electron chi connectivity index (χ0n) is 11.7. The van der Waals surface area contributed by atoms with E-state index in [1.54, 1.807) is 0 Å². The lowest BCUT2D eigenvalue weighted by Gasteiger charge is -2.31. The molecular formula is C13H19N3O3S. The van der Waals surface area contributed by atoms with E-state index in [1.807, 2.05) is 0 Å². The standard InChI is InChI=1S/C13H19N3O3S/c1-8-13(2,5-6-19-8)16-11(9-3-4-9)14-15-12(16)20-7-10(17)18/h8-9H,3-7H2,1-2H3,(H,17,18). The van der Waals surface area contributed by atoms with Crippen LogP contribution < -0.4 is 0 Å². The third-order valence-electron chi connectivity index (χ3n) is 4.29. The maximum Gasteiger partial charge on any atom is 0.313 e. The SMILES string of the molecule is CC1OCCC1(C)n1c(SCC(=O)O)nnc1C1CC1. The minimum atomic E-state index is -0.835. The molecule has 0 spiro atoms. The third-order valence-corrected chi connectivity index (χ3v) is 5.20. The second kappa shape index (κ2) is 5.04. The van der Waals surface area contributed by atoms with E-state index in [9.17, 15) is 4.79 Å². The number of rotatable bonds is 5. The van der Waals surface area contributed by atoms with Gasteiger partial charge in [-0.3, -0.25) is 9.36 Å². The van der Waals surface area contributed by atoms with Gasteiger partial charge in [0.2, 0.25) is 0 Å². The summed E-state index contributed by atoms with van der Waals surface area (Å²) in [7, 11) is 0. The molecule has 2 unspecified atom stereocenters. The molecule has 1 saturated carbocycles. The first-order valence-electron chi connectivity index (χ1n) is 6.94. The molecule has 0 bridgehead atoms. The average molecular weight is 297 g/mol. The Labute approximate surface area is 121 Å². The van der Waals surface area contributed by atoms with Crippen LogP contribution in [0.4, 0.5) is 0 Å². The lowest BCUT2D eigenvalue weighted by atomic mass is 9.94. The summed E-state index contributed by atoms with van der Waals surface area (Å²) in [5, 5.41) is 18.1. The molecule has 2 fully saturated rings. The van der Waals surface area contributed by atoms with Crippen LogP contribution in [0.5, 0.6) is 0 Å². The molecule has 6 nitrogen and oxygen atoms in total. The number of thioether (sulfide) groups is 1. The molecule has 2 aliphatic rings. The van der Waals surface area contributed by atoms with Crippen molar-refractivity contribution in [3.8, 4) is 0 Å². The lowest BCUT2D eigenvalue weighted by Crippen LogP contribution is -2.38. The number of carboxylic acid groups (broad SMARTS) is 1. The lowest BCUT2D eigenvalue weighted by molar-refractivity contribution is -0.133. The topological polar surface area (TPSA) is 77.2 Å². The number of carboxylic acids is 1. The molecule has 2 heterocycles. The maximum absolute atomic E-state index is 10.8. The normalized spacial score (nSPS) is 29.8. The summed E-state index contributed by atoms with van der Waals surface area (Å²) in [6.07, 6.45) is 3.28. The van der Waals surface area contributed by atoms with Crippen LogP contribution >= 0.6 is 11.8 Å². The molecule has 1 aliphatic carbocycles. The van der Waals surface area contributed by atoms with Gasteiger partial charge in [0.25, 0.3) is 0 Å². The monoisotopic (exact) mass is 297 g/mol. The van der Waals surface area contributed by atoms with E-state index < -0.39 is 5.97 Å². The number of aliphatic carboxylic acids is 1. The van der Waals surface area contributed by atoms with E-state index in [2.05, 4.69) is 28.6 Å². The number of ether oxygens (including phenoxy) is 1. The molecule has 7 heteroatoms. The van der Waals surface area contributed by atoms with Crippen molar-refractivity contribution < 1.29 is 14.6 Å². The fraction of sp³-hybridized carbons (Fsp3) is 0.769.